The predicted octanol–water partition coefficient (Wildman–Crippen LogP) is 1.20. The number of nitrogens with zero attached hydrogens (tertiary/aromatic N) is 5. The molecule has 3 heterocycles. The second-order valence-electron chi connectivity index (χ2n) is 9.33. The van der Waals surface area contributed by atoms with Crippen LogP contribution in [0.4, 0.5) is 5.69 Å². The number of aromatic nitrogens is 2. The average Bonchev–Trinajstić information content (AvgIpc) is 3.25. The number of amides is 3. The summed E-state index contributed by atoms with van der Waals surface area (Å²) < 4.78 is 7.11. The molecule has 1 saturated heterocycles. The Morgan fingerprint density at radius 2 is 1.81 bits per heavy atom. The number of hydrogen-bond donors (Lipinski definition) is 1. The summed E-state index contributed by atoms with van der Waals surface area (Å²) in [4.78, 5) is 43.9. The lowest BCUT2D eigenvalue weighted by Gasteiger charge is -2.29. The molecule has 1 aromatic heterocycles. The number of nitrogens with one attached hydrogen (secondary N) is 1. The first-order chi connectivity index (χ1) is 17.4. The van der Waals surface area contributed by atoms with E-state index in [0.717, 1.165) is 29.9 Å². The van der Waals surface area contributed by atoms with Crippen molar-refractivity contribution < 1.29 is 19.1 Å². The minimum atomic E-state index is -0.118. The van der Waals surface area contributed by atoms with Gasteiger partial charge in [-0.2, -0.15) is 5.10 Å². The van der Waals surface area contributed by atoms with Crippen molar-refractivity contribution in [3.63, 3.8) is 0 Å². The van der Waals surface area contributed by atoms with Crippen LogP contribution in [-0.4, -0.2) is 90.3 Å². The molecule has 0 aliphatic carbocycles. The van der Waals surface area contributed by atoms with Crippen molar-refractivity contribution in [2.24, 2.45) is 7.05 Å². The summed E-state index contributed by atoms with van der Waals surface area (Å²) in [6, 6.07) is 10.1. The molecular formula is C26H36N6O4. The summed E-state index contributed by atoms with van der Waals surface area (Å²) in [7, 11) is 3.87. The Morgan fingerprint density at radius 3 is 2.56 bits per heavy atom. The topological polar surface area (TPSA) is 100 Å². The highest BCUT2D eigenvalue weighted by molar-refractivity contribution is 5.94. The van der Waals surface area contributed by atoms with Gasteiger partial charge in [-0.15, -0.1) is 0 Å². The van der Waals surface area contributed by atoms with Gasteiger partial charge in [-0.05, 0) is 18.6 Å². The SMILES string of the molecule is CN(CCCNC(=O)CCC(=O)N1CCc2c(c(C(=O)N3CCOCC3)nn2C)C1)c1ccccc1. The average molecular weight is 497 g/mol. The zero-order valence-electron chi connectivity index (χ0n) is 21.2. The molecule has 0 spiro atoms. The number of morpholine rings is 1. The van der Waals surface area contributed by atoms with Crippen molar-refractivity contribution in [3.05, 3.63) is 47.3 Å². The van der Waals surface area contributed by atoms with E-state index in [9.17, 15) is 14.4 Å². The van der Waals surface area contributed by atoms with Gasteiger partial charge in [-0.25, -0.2) is 0 Å². The van der Waals surface area contributed by atoms with Crippen LogP contribution in [0.5, 0.6) is 0 Å². The molecule has 2 aromatic rings. The Labute approximate surface area is 212 Å². The Balaban J connectivity index is 1.22. The van der Waals surface area contributed by atoms with Crippen LogP contribution in [0.3, 0.4) is 0 Å². The fraction of sp³-hybridized carbons (Fsp3) is 0.538. The fourth-order valence-corrected chi connectivity index (χ4v) is 4.72. The number of ether oxygens (including phenoxy) is 1. The third-order valence-corrected chi connectivity index (χ3v) is 6.85. The molecule has 1 fully saturated rings. The van der Waals surface area contributed by atoms with Crippen LogP contribution < -0.4 is 10.2 Å². The monoisotopic (exact) mass is 496 g/mol. The van der Waals surface area contributed by atoms with Gasteiger partial charge in [0.05, 0.1) is 13.2 Å². The van der Waals surface area contributed by atoms with E-state index in [4.69, 9.17) is 4.74 Å². The quantitative estimate of drug-likeness (QED) is 0.524. The molecular weight excluding hydrogens is 460 g/mol. The molecule has 3 amide bonds. The Morgan fingerprint density at radius 1 is 1.06 bits per heavy atom. The standard InChI is InChI=1S/C26H36N6O4/c1-29(20-7-4-3-5-8-20)13-6-12-27-23(33)9-10-24(34)32-14-11-22-21(19-32)25(28-30(22)2)26(35)31-15-17-36-18-16-31/h3-5,7-8H,6,9-19H2,1-2H3,(H,27,33). The number of rotatable bonds is 9. The number of para-hydroxylation sites is 1. The summed E-state index contributed by atoms with van der Waals surface area (Å²) in [6.07, 6.45) is 1.77. The number of anilines is 1. The molecule has 2 aliphatic rings. The summed E-state index contributed by atoms with van der Waals surface area (Å²) in [5.74, 6) is -0.303. The third-order valence-electron chi connectivity index (χ3n) is 6.85. The molecule has 36 heavy (non-hydrogen) atoms. The van der Waals surface area contributed by atoms with Crippen LogP contribution >= 0.6 is 0 Å². The van der Waals surface area contributed by atoms with Gasteiger partial charge in [-0.3, -0.25) is 19.1 Å². The molecule has 1 aromatic carbocycles. The largest absolute Gasteiger partial charge is 0.378 e. The first-order valence-corrected chi connectivity index (χ1v) is 12.7. The summed E-state index contributed by atoms with van der Waals surface area (Å²) in [5, 5.41) is 7.41. The number of carbonyl (C=O) groups excluding carboxylic acids is 3. The van der Waals surface area contributed by atoms with Gasteiger partial charge in [0, 0.05) is 89.6 Å². The Hall–Kier alpha value is -3.40. The first-order valence-electron chi connectivity index (χ1n) is 12.7. The van der Waals surface area contributed by atoms with Crippen LogP contribution in [0, 0.1) is 0 Å². The highest BCUT2D eigenvalue weighted by Crippen LogP contribution is 2.24. The number of hydrogen-bond acceptors (Lipinski definition) is 6. The summed E-state index contributed by atoms with van der Waals surface area (Å²) >= 11 is 0. The van der Waals surface area contributed by atoms with E-state index < -0.39 is 0 Å². The lowest BCUT2D eigenvalue weighted by Crippen LogP contribution is -2.42. The van der Waals surface area contributed by atoms with Crippen LogP contribution in [0.25, 0.3) is 0 Å². The minimum Gasteiger partial charge on any atom is -0.378 e. The van der Waals surface area contributed by atoms with Crippen LogP contribution in [0.15, 0.2) is 30.3 Å². The number of aryl methyl sites for hydroxylation is 1. The number of fused-ring (bicyclic) bond motifs is 1. The van der Waals surface area contributed by atoms with Crippen molar-refractivity contribution in [2.75, 3.05) is 57.9 Å². The number of carbonyl (C=O) groups is 3. The third kappa shape index (κ3) is 6.23. The molecule has 10 nitrogen and oxygen atoms in total. The second kappa shape index (κ2) is 12.0. The van der Waals surface area contributed by atoms with E-state index >= 15 is 0 Å². The maximum atomic E-state index is 13.1. The van der Waals surface area contributed by atoms with E-state index in [2.05, 4.69) is 27.4 Å². The maximum Gasteiger partial charge on any atom is 0.274 e. The molecule has 0 radical (unpaired) electrons. The zero-order chi connectivity index (χ0) is 25.5. The van der Waals surface area contributed by atoms with Gasteiger partial charge < -0.3 is 24.8 Å². The van der Waals surface area contributed by atoms with Gasteiger partial charge in [0.1, 0.15) is 0 Å². The van der Waals surface area contributed by atoms with Crippen LogP contribution in [0.2, 0.25) is 0 Å². The lowest BCUT2D eigenvalue weighted by atomic mass is 10.0. The van der Waals surface area contributed by atoms with Crippen molar-refractivity contribution in [1.29, 1.82) is 0 Å². The van der Waals surface area contributed by atoms with Crippen molar-refractivity contribution in [2.45, 2.75) is 32.2 Å². The highest BCUT2D eigenvalue weighted by atomic mass is 16.5. The molecule has 0 saturated carbocycles. The predicted molar refractivity (Wildman–Crippen MR) is 136 cm³/mol. The van der Waals surface area contributed by atoms with Gasteiger partial charge >= 0.3 is 0 Å². The van der Waals surface area contributed by atoms with Crippen molar-refractivity contribution >= 4 is 23.4 Å². The second-order valence-corrected chi connectivity index (χ2v) is 9.33. The van der Waals surface area contributed by atoms with Gasteiger partial charge in [0.25, 0.3) is 5.91 Å². The molecule has 0 atom stereocenters. The molecule has 194 valence electrons. The number of benzene rings is 1. The van der Waals surface area contributed by atoms with E-state index in [-0.39, 0.29) is 30.6 Å². The highest BCUT2D eigenvalue weighted by Gasteiger charge is 2.31. The Bertz CT molecular complexity index is 1060. The molecule has 0 unspecified atom stereocenters. The summed E-state index contributed by atoms with van der Waals surface area (Å²) in [6.45, 7) is 4.45. The van der Waals surface area contributed by atoms with E-state index in [1.165, 1.54) is 0 Å². The van der Waals surface area contributed by atoms with Crippen LogP contribution in [0.1, 0.15) is 41.0 Å². The zero-order valence-corrected chi connectivity index (χ0v) is 21.2. The first kappa shape index (κ1) is 25.7. The molecule has 0 bridgehead atoms. The smallest absolute Gasteiger partial charge is 0.274 e. The molecule has 1 N–H and O–H groups in total. The van der Waals surface area contributed by atoms with Gasteiger partial charge in [-0.1, -0.05) is 18.2 Å². The van der Waals surface area contributed by atoms with Crippen molar-refractivity contribution in [1.82, 2.24) is 24.9 Å². The van der Waals surface area contributed by atoms with E-state index in [0.29, 0.717) is 58.1 Å². The lowest BCUT2D eigenvalue weighted by molar-refractivity contribution is -0.134. The van der Waals surface area contributed by atoms with Gasteiger partial charge in [0.15, 0.2) is 5.69 Å². The summed E-state index contributed by atoms with van der Waals surface area (Å²) in [5.41, 5.74) is 3.38. The molecule has 10 heteroatoms. The molecule has 4 rings (SSSR count). The van der Waals surface area contributed by atoms with E-state index in [1.54, 1.807) is 14.5 Å². The fourth-order valence-electron chi connectivity index (χ4n) is 4.72. The molecule has 2 aliphatic heterocycles. The van der Waals surface area contributed by atoms with Crippen molar-refractivity contribution in [3.8, 4) is 0 Å². The Kier molecular flexibility index (Phi) is 8.58. The van der Waals surface area contributed by atoms with Crippen LogP contribution in [-0.2, 0) is 34.3 Å². The minimum absolute atomic E-state index is 0.0757. The van der Waals surface area contributed by atoms with E-state index in [1.807, 2.05) is 32.3 Å². The maximum absolute atomic E-state index is 13.1. The van der Waals surface area contributed by atoms with Gasteiger partial charge in [0.2, 0.25) is 11.8 Å². The normalized spacial score (nSPS) is 15.4.